The van der Waals surface area contributed by atoms with E-state index in [9.17, 15) is 0 Å². The minimum atomic E-state index is 0.920. The summed E-state index contributed by atoms with van der Waals surface area (Å²) in [6.07, 6.45) is 1.38. The lowest BCUT2D eigenvalue weighted by atomic mass is 10.1. The smallest absolute Gasteiger partial charge is 0.0110 e. The number of likely N-dealkylation sites (N-methyl/N-ethyl adjacent to an activating group) is 1. The van der Waals surface area contributed by atoms with E-state index < -0.39 is 0 Å². The molecule has 0 saturated carbocycles. The molecule has 0 aromatic rings. The molecule has 2 aliphatic heterocycles. The molecule has 2 fully saturated rings. The number of nitrogens with one attached hydrogen (secondary N) is 1. The van der Waals surface area contributed by atoms with Crippen molar-refractivity contribution in [2.45, 2.75) is 13.3 Å². The van der Waals surface area contributed by atoms with Gasteiger partial charge in [0.25, 0.3) is 0 Å². The first-order chi connectivity index (χ1) is 6.88. The van der Waals surface area contributed by atoms with Crippen molar-refractivity contribution in [3.63, 3.8) is 0 Å². The van der Waals surface area contributed by atoms with Gasteiger partial charge in [-0.05, 0) is 32.0 Å². The van der Waals surface area contributed by atoms with Crippen LogP contribution in [-0.2, 0) is 0 Å². The molecule has 0 aromatic carbocycles. The zero-order chi connectivity index (χ0) is 9.80. The predicted molar refractivity (Wildman–Crippen MR) is 59.5 cm³/mol. The lowest BCUT2D eigenvalue weighted by Crippen LogP contribution is -2.47. The number of rotatable bonds is 3. The Balaban J connectivity index is 1.67. The lowest BCUT2D eigenvalue weighted by Gasteiger charge is -2.35. The maximum absolute atomic E-state index is 3.44. The average Bonchev–Trinajstić information content (AvgIpc) is 2.72. The quantitative estimate of drug-likeness (QED) is 0.699. The van der Waals surface area contributed by atoms with E-state index in [0.717, 1.165) is 5.92 Å². The second-order valence-corrected chi connectivity index (χ2v) is 4.59. The Labute approximate surface area is 87.4 Å². The lowest BCUT2D eigenvalue weighted by molar-refractivity contribution is 0.124. The minimum Gasteiger partial charge on any atom is -0.316 e. The van der Waals surface area contributed by atoms with E-state index in [4.69, 9.17) is 0 Å². The van der Waals surface area contributed by atoms with E-state index >= 15 is 0 Å². The van der Waals surface area contributed by atoms with Gasteiger partial charge in [0.2, 0.25) is 0 Å². The van der Waals surface area contributed by atoms with E-state index in [2.05, 4.69) is 22.0 Å². The Morgan fingerprint density at radius 1 is 1.14 bits per heavy atom. The van der Waals surface area contributed by atoms with Crippen LogP contribution < -0.4 is 5.32 Å². The Kier molecular flexibility index (Phi) is 3.79. The van der Waals surface area contributed by atoms with Gasteiger partial charge >= 0.3 is 0 Å². The summed E-state index contributed by atoms with van der Waals surface area (Å²) in [6.45, 7) is 12.4. The summed E-state index contributed by atoms with van der Waals surface area (Å²) in [7, 11) is 0. The standard InChI is InChI=1S/C11H23N3/c1-2-13-5-7-14(8-6-13)10-11-3-4-12-9-11/h11-12H,2-10H2,1H3. The summed E-state index contributed by atoms with van der Waals surface area (Å²) in [5, 5.41) is 3.44. The van der Waals surface area contributed by atoms with Crippen LogP contribution in [0.2, 0.25) is 0 Å². The summed E-state index contributed by atoms with van der Waals surface area (Å²) in [5.41, 5.74) is 0. The van der Waals surface area contributed by atoms with Crippen molar-refractivity contribution in [2.75, 3.05) is 52.4 Å². The monoisotopic (exact) mass is 197 g/mol. The first-order valence-corrected chi connectivity index (χ1v) is 6.04. The molecule has 14 heavy (non-hydrogen) atoms. The fraction of sp³-hybridized carbons (Fsp3) is 1.00. The van der Waals surface area contributed by atoms with Crippen molar-refractivity contribution >= 4 is 0 Å². The highest BCUT2D eigenvalue weighted by molar-refractivity contribution is 4.78. The molecule has 2 rings (SSSR count). The van der Waals surface area contributed by atoms with Crippen LogP contribution >= 0.6 is 0 Å². The van der Waals surface area contributed by atoms with E-state index in [-0.39, 0.29) is 0 Å². The van der Waals surface area contributed by atoms with Gasteiger partial charge in [-0.2, -0.15) is 0 Å². The maximum Gasteiger partial charge on any atom is 0.0110 e. The van der Waals surface area contributed by atoms with Gasteiger partial charge in [-0.25, -0.2) is 0 Å². The second-order valence-electron chi connectivity index (χ2n) is 4.59. The topological polar surface area (TPSA) is 18.5 Å². The number of nitrogens with zero attached hydrogens (tertiary/aromatic N) is 2. The molecule has 3 nitrogen and oxygen atoms in total. The van der Waals surface area contributed by atoms with E-state index in [1.165, 1.54) is 58.8 Å². The molecule has 1 atom stereocenters. The molecule has 82 valence electrons. The highest BCUT2D eigenvalue weighted by atomic mass is 15.3. The molecular weight excluding hydrogens is 174 g/mol. The van der Waals surface area contributed by atoms with Crippen molar-refractivity contribution in [3.05, 3.63) is 0 Å². The fourth-order valence-corrected chi connectivity index (χ4v) is 2.52. The molecule has 0 bridgehead atoms. The zero-order valence-corrected chi connectivity index (χ0v) is 9.34. The van der Waals surface area contributed by atoms with Crippen LogP contribution in [0.15, 0.2) is 0 Å². The number of hydrogen-bond acceptors (Lipinski definition) is 3. The van der Waals surface area contributed by atoms with E-state index in [1.807, 2.05) is 0 Å². The second kappa shape index (κ2) is 5.10. The Bertz CT molecular complexity index is 158. The van der Waals surface area contributed by atoms with Gasteiger partial charge in [0.15, 0.2) is 0 Å². The number of piperazine rings is 1. The zero-order valence-electron chi connectivity index (χ0n) is 9.34. The summed E-state index contributed by atoms with van der Waals surface area (Å²) in [5.74, 6) is 0.920. The Morgan fingerprint density at radius 3 is 2.43 bits per heavy atom. The van der Waals surface area contributed by atoms with Crippen molar-refractivity contribution in [1.29, 1.82) is 0 Å². The average molecular weight is 197 g/mol. The molecule has 0 spiro atoms. The molecule has 0 aromatic heterocycles. The van der Waals surface area contributed by atoms with Gasteiger partial charge in [-0.3, -0.25) is 0 Å². The van der Waals surface area contributed by atoms with Crippen LogP contribution in [0.3, 0.4) is 0 Å². The van der Waals surface area contributed by atoms with Gasteiger partial charge in [0.1, 0.15) is 0 Å². The largest absolute Gasteiger partial charge is 0.316 e. The van der Waals surface area contributed by atoms with Crippen LogP contribution in [0.5, 0.6) is 0 Å². The summed E-state index contributed by atoms with van der Waals surface area (Å²) in [6, 6.07) is 0. The Hall–Kier alpha value is -0.120. The van der Waals surface area contributed by atoms with Crippen molar-refractivity contribution < 1.29 is 0 Å². The molecule has 1 N–H and O–H groups in total. The van der Waals surface area contributed by atoms with Crippen molar-refractivity contribution in [1.82, 2.24) is 15.1 Å². The van der Waals surface area contributed by atoms with Gasteiger partial charge in [0.05, 0.1) is 0 Å². The Morgan fingerprint density at radius 2 is 1.86 bits per heavy atom. The molecule has 0 radical (unpaired) electrons. The molecular formula is C11H23N3. The van der Waals surface area contributed by atoms with Crippen LogP contribution in [-0.4, -0.2) is 62.2 Å². The minimum absolute atomic E-state index is 0.920. The molecule has 0 aliphatic carbocycles. The van der Waals surface area contributed by atoms with Crippen molar-refractivity contribution in [3.8, 4) is 0 Å². The van der Waals surface area contributed by atoms with Crippen LogP contribution in [0.25, 0.3) is 0 Å². The maximum atomic E-state index is 3.44. The normalized spacial score (nSPS) is 31.1. The first kappa shape index (κ1) is 10.4. The molecule has 1 unspecified atom stereocenters. The van der Waals surface area contributed by atoms with Crippen LogP contribution in [0.1, 0.15) is 13.3 Å². The molecule has 2 aliphatic rings. The highest BCUT2D eigenvalue weighted by Crippen LogP contribution is 2.11. The molecule has 0 amide bonds. The summed E-state index contributed by atoms with van der Waals surface area (Å²) >= 11 is 0. The molecule has 2 heterocycles. The van der Waals surface area contributed by atoms with Gasteiger partial charge < -0.3 is 15.1 Å². The predicted octanol–water partition coefficient (Wildman–Crippen LogP) is 0.233. The SMILES string of the molecule is CCN1CCN(CC2CCNC2)CC1. The fourth-order valence-electron chi connectivity index (χ4n) is 2.52. The molecule has 2 saturated heterocycles. The first-order valence-electron chi connectivity index (χ1n) is 6.04. The number of hydrogen-bond donors (Lipinski definition) is 1. The van der Waals surface area contributed by atoms with Crippen LogP contribution in [0, 0.1) is 5.92 Å². The summed E-state index contributed by atoms with van der Waals surface area (Å²) < 4.78 is 0. The van der Waals surface area contributed by atoms with E-state index in [0.29, 0.717) is 0 Å². The van der Waals surface area contributed by atoms with Gasteiger partial charge in [-0.1, -0.05) is 6.92 Å². The van der Waals surface area contributed by atoms with Crippen LogP contribution in [0.4, 0.5) is 0 Å². The van der Waals surface area contributed by atoms with E-state index in [1.54, 1.807) is 0 Å². The van der Waals surface area contributed by atoms with Crippen molar-refractivity contribution in [2.24, 2.45) is 5.92 Å². The third-order valence-corrected chi connectivity index (χ3v) is 3.59. The highest BCUT2D eigenvalue weighted by Gasteiger charge is 2.21. The van der Waals surface area contributed by atoms with Gasteiger partial charge in [-0.15, -0.1) is 0 Å². The molecule has 3 heteroatoms. The summed E-state index contributed by atoms with van der Waals surface area (Å²) in [4.78, 5) is 5.19. The van der Waals surface area contributed by atoms with Gasteiger partial charge in [0, 0.05) is 32.7 Å². The third kappa shape index (κ3) is 2.69. The third-order valence-electron chi connectivity index (χ3n) is 3.59.